The van der Waals surface area contributed by atoms with Crippen molar-refractivity contribution in [2.24, 2.45) is 0 Å². The monoisotopic (exact) mass is 523 g/mol. The number of ether oxygens (including phenoxy) is 1. The van der Waals surface area contributed by atoms with Crippen molar-refractivity contribution in [3.05, 3.63) is 59.1 Å². The van der Waals surface area contributed by atoms with Crippen LogP contribution in [0.2, 0.25) is 5.02 Å². The Morgan fingerprint density at radius 1 is 1.06 bits per heavy atom. The number of carbonyl (C=O) groups excluding carboxylic acids is 2. The Bertz CT molecular complexity index is 1080. The number of unbranched alkanes of at least 4 members (excludes halogenated alkanes) is 1. The number of nitrogens with one attached hydrogen (secondary N) is 1. The molecule has 192 valence electrons. The van der Waals surface area contributed by atoms with E-state index < -0.39 is 28.5 Å². The van der Waals surface area contributed by atoms with Gasteiger partial charge in [-0.05, 0) is 54.8 Å². The average Bonchev–Trinajstić information content (AvgIpc) is 2.84. The molecule has 0 aliphatic heterocycles. The third-order valence-electron chi connectivity index (χ3n) is 5.61. The molecule has 2 amide bonds. The third kappa shape index (κ3) is 7.95. The lowest BCUT2D eigenvalue weighted by atomic mass is 10.1. The molecular weight excluding hydrogens is 490 g/mol. The number of amides is 2. The van der Waals surface area contributed by atoms with Gasteiger partial charge in [-0.2, -0.15) is 4.31 Å². The van der Waals surface area contributed by atoms with E-state index in [4.69, 9.17) is 16.3 Å². The Labute approximate surface area is 213 Å². The van der Waals surface area contributed by atoms with Gasteiger partial charge in [-0.3, -0.25) is 9.59 Å². The SMILES string of the molecule is CCCCNC(=O)[C@H](CC)N(Cc1ccc(OC)cc1)C(=O)CN(C)S(=O)(=O)c1ccc(Cl)cc1. The maximum absolute atomic E-state index is 13.4. The summed E-state index contributed by atoms with van der Waals surface area (Å²) >= 11 is 5.87. The van der Waals surface area contributed by atoms with Gasteiger partial charge in [0.25, 0.3) is 0 Å². The minimum absolute atomic E-state index is 0.0308. The largest absolute Gasteiger partial charge is 0.497 e. The van der Waals surface area contributed by atoms with Gasteiger partial charge < -0.3 is 15.0 Å². The second-order valence-electron chi connectivity index (χ2n) is 8.15. The number of rotatable bonds is 13. The van der Waals surface area contributed by atoms with E-state index >= 15 is 0 Å². The van der Waals surface area contributed by atoms with E-state index in [-0.39, 0.29) is 17.3 Å². The average molecular weight is 524 g/mol. The van der Waals surface area contributed by atoms with Crippen LogP contribution in [0.5, 0.6) is 5.75 Å². The molecule has 35 heavy (non-hydrogen) atoms. The van der Waals surface area contributed by atoms with Crippen LogP contribution >= 0.6 is 11.6 Å². The number of methoxy groups -OCH3 is 1. The summed E-state index contributed by atoms with van der Waals surface area (Å²) in [5, 5.41) is 3.30. The first-order valence-electron chi connectivity index (χ1n) is 11.6. The maximum Gasteiger partial charge on any atom is 0.243 e. The number of hydrogen-bond donors (Lipinski definition) is 1. The zero-order valence-corrected chi connectivity index (χ0v) is 22.2. The van der Waals surface area contributed by atoms with Crippen LogP contribution in [0.1, 0.15) is 38.7 Å². The molecule has 2 aromatic carbocycles. The highest BCUT2D eigenvalue weighted by Gasteiger charge is 2.31. The van der Waals surface area contributed by atoms with Crippen LogP contribution in [0, 0.1) is 0 Å². The Balaban J connectivity index is 2.29. The molecule has 0 bridgehead atoms. The van der Waals surface area contributed by atoms with Gasteiger partial charge in [-0.15, -0.1) is 0 Å². The Hall–Kier alpha value is -2.62. The second kappa shape index (κ2) is 13.5. The molecule has 8 nitrogen and oxygen atoms in total. The molecule has 1 atom stereocenters. The molecule has 0 unspecified atom stereocenters. The molecule has 0 heterocycles. The van der Waals surface area contributed by atoms with Gasteiger partial charge in [0, 0.05) is 25.2 Å². The van der Waals surface area contributed by atoms with Crippen LogP contribution < -0.4 is 10.1 Å². The molecule has 10 heteroatoms. The highest BCUT2D eigenvalue weighted by atomic mass is 35.5. The predicted octanol–water partition coefficient (Wildman–Crippen LogP) is 3.69. The zero-order valence-electron chi connectivity index (χ0n) is 20.7. The Morgan fingerprint density at radius 3 is 2.23 bits per heavy atom. The summed E-state index contributed by atoms with van der Waals surface area (Å²) in [5.41, 5.74) is 0.794. The number of sulfonamides is 1. The quantitative estimate of drug-likeness (QED) is 0.404. The summed E-state index contributed by atoms with van der Waals surface area (Å²) < 4.78 is 32.2. The molecule has 0 saturated heterocycles. The van der Waals surface area contributed by atoms with E-state index in [1.165, 1.54) is 36.2 Å². The van der Waals surface area contributed by atoms with E-state index in [9.17, 15) is 18.0 Å². The molecule has 0 aliphatic rings. The van der Waals surface area contributed by atoms with E-state index in [1.807, 2.05) is 26.0 Å². The number of likely N-dealkylation sites (N-methyl/N-ethyl adjacent to an activating group) is 1. The van der Waals surface area contributed by atoms with Crippen molar-refractivity contribution in [2.75, 3.05) is 27.2 Å². The van der Waals surface area contributed by atoms with Crippen LogP contribution in [0.15, 0.2) is 53.4 Å². The summed E-state index contributed by atoms with van der Waals surface area (Å²) in [5.74, 6) is -0.0610. The first-order chi connectivity index (χ1) is 16.6. The van der Waals surface area contributed by atoms with E-state index in [0.29, 0.717) is 23.7 Å². The molecule has 0 spiro atoms. The molecule has 0 saturated carbocycles. The summed E-state index contributed by atoms with van der Waals surface area (Å²) in [6.45, 7) is 4.10. The summed E-state index contributed by atoms with van der Waals surface area (Å²) in [6.07, 6.45) is 2.14. The van der Waals surface area contributed by atoms with Crippen LogP contribution in [0.4, 0.5) is 0 Å². The van der Waals surface area contributed by atoms with Crippen molar-refractivity contribution in [3.63, 3.8) is 0 Å². The number of benzene rings is 2. The number of hydrogen-bond acceptors (Lipinski definition) is 5. The fraction of sp³-hybridized carbons (Fsp3) is 0.440. The molecule has 1 N–H and O–H groups in total. The topological polar surface area (TPSA) is 96.0 Å². The molecule has 0 fully saturated rings. The first-order valence-corrected chi connectivity index (χ1v) is 13.4. The van der Waals surface area contributed by atoms with Crippen molar-refractivity contribution in [2.45, 2.75) is 50.6 Å². The fourth-order valence-corrected chi connectivity index (χ4v) is 4.75. The second-order valence-corrected chi connectivity index (χ2v) is 10.6. The molecule has 0 aromatic heterocycles. The van der Waals surface area contributed by atoms with Crippen molar-refractivity contribution in [1.82, 2.24) is 14.5 Å². The van der Waals surface area contributed by atoms with Crippen molar-refractivity contribution in [3.8, 4) is 5.75 Å². The first kappa shape index (κ1) is 28.6. The molecular formula is C25H34ClN3O5S. The molecule has 2 rings (SSSR count). The third-order valence-corrected chi connectivity index (χ3v) is 7.68. The molecule has 0 radical (unpaired) electrons. The number of halogens is 1. The zero-order chi connectivity index (χ0) is 26.0. The van der Waals surface area contributed by atoms with Gasteiger partial charge in [-0.1, -0.05) is 44.0 Å². The van der Waals surface area contributed by atoms with Gasteiger partial charge in [0.05, 0.1) is 18.6 Å². The predicted molar refractivity (Wildman–Crippen MR) is 137 cm³/mol. The van der Waals surface area contributed by atoms with Gasteiger partial charge in [0.15, 0.2) is 0 Å². The van der Waals surface area contributed by atoms with E-state index in [0.717, 1.165) is 22.7 Å². The van der Waals surface area contributed by atoms with Crippen molar-refractivity contribution in [1.29, 1.82) is 0 Å². The van der Waals surface area contributed by atoms with Gasteiger partial charge in [0.1, 0.15) is 11.8 Å². The fourth-order valence-electron chi connectivity index (χ4n) is 3.51. The van der Waals surface area contributed by atoms with Gasteiger partial charge in [0.2, 0.25) is 21.8 Å². The van der Waals surface area contributed by atoms with Crippen molar-refractivity contribution < 1.29 is 22.7 Å². The normalized spacial score (nSPS) is 12.3. The van der Waals surface area contributed by atoms with E-state index in [2.05, 4.69) is 5.32 Å². The summed E-state index contributed by atoms with van der Waals surface area (Å²) in [4.78, 5) is 27.9. The lowest BCUT2D eigenvalue weighted by Gasteiger charge is -2.32. The number of nitrogens with zero attached hydrogens (tertiary/aromatic N) is 2. The van der Waals surface area contributed by atoms with Crippen LogP contribution in [0.3, 0.4) is 0 Å². The molecule has 2 aromatic rings. The van der Waals surface area contributed by atoms with Crippen LogP contribution in [-0.2, 0) is 26.2 Å². The van der Waals surface area contributed by atoms with Gasteiger partial charge in [-0.25, -0.2) is 8.42 Å². The summed E-state index contributed by atoms with van der Waals surface area (Å²) in [6, 6.07) is 12.2. The molecule has 0 aliphatic carbocycles. The minimum atomic E-state index is -3.93. The lowest BCUT2D eigenvalue weighted by molar-refractivity contribution is -0.141. The van der Waals surface area contributed by atoms with Crippen LogP contribution in [-0.4, -0.2) is 62.7 Å². The standard InChI is InChI=1S/C25H34ClN3O5S/c1-5-7-16-27-25(31)23(6-2)29(17-19-8-12-21(34-4)13-9-19)24(30)18-28(3)35(32,33)22-14-10-20(26)11-15-22/h8-15,23H,5-7,16-18H2,1-4H3,(H,27,31)/t23-/m0/s1. The Kier molecular flexibility index (Phi) is 11.0. The smallest absolute Gasteiger partial charge is 0.243 e. The number of carbonyl (C=O) groups is 2. The van der Waals surface area contributed by atoms with Crippen molar-refractivity contribution >= 4 is 33.4 Å². The van der Waals surface area contributed by atoms with Crippen LogP contribution in [0.25, 0.3) is 0 Å². The highest BCUT2D eigenvalue weighted by Crippen LogP contribution is 2.20. The van der Waals surface area contributed by atoms with Gasteiger partial charge >= 0.3 is 0 Å². The lowest BCUT2D eigenvalue weighted by Crippen LogP contribution is -2.51. The summed E-state index contributed by atoms with van der Waals surface area (Å²) in [7, 11) is -1.02. The maximum atomic E-state index is 13.4. The highest BCUT2D eigenvalue weighted by molar-refractivity contribution is 7.89. The van der Waals surface area contributed by atoms with E-state index in [1.54, 1.807) is 19.2 Å². The minimum Gasteiger partial charge on any atom is -0.497 e. The Morgan fingerprint density at radius 2 is 1.69 bits per heavy atom.